The minimum Gasteiger partial charge on any atom is -0.299 e. The summed E-state index contributed by atoms with van der Waals surface area (Å²) in [5, 5.41) is 1.24. The molecule has 0 radical (unpaired) electrons. The second-order valence-electron chi connectivity index (χ2n) is 5.21. The summed E-state index contributed by atoms with van der Waals surface area (Å²) < 4.78 is 2.57. The van der Waals surface area contributed by atoms with Crippen molar-refractivity contribution in [1.82, 2.24) is 9.55 Å². The molecule has 0 aliphatic carbocycles. The van der Waals surface area contributed by atoms with Gasteiger partial charge in [0.05, 0.1) is 16.7 Å². The molecule has 0 unspecified atom stereocenters. The third-order valence-electron chi connectivity index (χ3n) is 3.27. The summed E-state index contributed by atoms with van der Waals surface area (Å²) >= 11 is 4.73. The molecular weight excluding hydrogens is 364 g/mol. The lowest BCUT2D eigenvalue weighted by molar-refractivity contribution is -0.114. The molecule has 0 bridgehead atoms. The van der Waals surface area contributed by atoms with Gasteiger partial charge >= 0.3 is 0 Å². The van der Waals surface area contributed by atoms with Crippen LogP contribution in [0.3, 0.4) is 0 Å². The number of benzene rings is 1. The Labute approximate surface area is 142 Å². The fourth-order valence-electron chi connectivity index (χ4n) is 2.17. The molecule has 0 atom stereocenters. The maximum Gasteiger partial charge on any atom is 0.262 e. The average Bonchev–Trinajstić information content (AvgIpc) is 2.48. The van der Waals surface area contributed by atoms with Crippen LogP contribution in [-0.4, -0.2) is 21.1 Å². The van der Waals surface area contributed by atoms with Crippen molar-refractivity contribution in [1.29, 1.82) is 0 Å². The van der Waals surface area contributed by atoms with Crippen molar-refractivity contribution in [2.75, 3.05) is 5.75 Å². The van der Waals surface area contributed by atoms with Crippen molar-refractivity contribution in [3.05, 3.63) is 33.0 Å². The summed E-state index contributed by atoms with van der Waals surface area (Å²) in [6.45, 7) is 4.32. The van der Waals surface area contributed by atoms with Crippen LogP contribution in [-0.2, 0) is 11.3 Å². The van der Waals surface area contributed by atoms with Gasteiger partial charge in [0.2, 0.25) is 0 Å². The molecular formula is C16H19BrN2O2S. The van der Waals surface area contributed by atoms with E-state index in [1.165, 1.54) is 11.8 Å². The van der Waals surface area contributed by atoms with E-state index in [9.17, 15) is 9.59 Å². The largest absolute Gasteiger partial charge is 0.299 e. The van der Waals surface area contributed by atoms with E-state index in [1.54, 1.807) is 17.6 Å². The van der Waals surface area contributed by atoms with Crippen LogP contribution in [0.15, 0.2) is 32.6 Å². The number of unbranched alkanes of at least 4 members (excludes halogenated alkanes) is 2. The second kappa shape index (κ2) is 7.92. The highest BCUT2D eigenvalue weighted by atomic mass is 79.9. The highest BCUT2D eigenvalue weighted by molar-refractivity contribution is 9.10. The van der Waals surface area contributed by atoms with Gasteiger partial charge in [0, 0.05) is 11.0 Å². The van der Waals surface area contributed by atoms with Gasteiger partial charge in [-0.05, 0) is 31.5 Å². The number of ketones is 1. The Morgan fingerprint density at radius 3 is 2.82 bits per heavy atom. The number of halogens is 1. The summed E-state index contributed by atoms with van der Waals surface area (Å²) in [6.07, 6.45) is 3.10. The molecule has 2 rings (SSSR count). The number of carbonyl (C=O) groups is 1. The number of rotatable bonds is 7. The number of fused-ring (bicyclic) bond motifs is 1. The summed E-state index contributed by atoms with van der Waals surface area (Å²) in [5.41, 5.74) is 0.638. The van der Waals surface area contributed by atoms with Crippen LogP contribution in [0.25, 0.3) is 10.9 Å². The molecule has 0 N–H and O–H groups in total. The van der Waals surface area contributed by atoms with Gasteiger partial charge in [0.15, 0.2) is 5.16 Å². The van der Waals surface area contributed by atoms with Gasteiger partial charge in [-0.15, -0.1) is 0 Å². The molecule has 1 heterocycles. The Kier molecular flexibility index (Phi) is 6.20. The lowest BCUT2D eigenvalue weighted by atomic mass is 10.2. The molecule has 118 valence electrons. The quantitative estimate of drug-likeness (QED) is 0.412. The van der Waals surface area contributed by atoms with Gasteiger partial charge < -0.3 is 0 Å². The van der Waals surface area contributed by atoms with Crippen molar-refractivity contribution >= 4 is 44.4 Å². The number of aromatic nitrogens is 2. The van der Waals surface area contributed by atoms with Crippen LogP contribution in [0.2, 0.25) is 0 Å². The predicted octanol–water partition coefficient (Wildman–Crippen LogP) is 4.03. The van der Waals surface area contributed by atoms with Crippen molar-refractivity contribution in [3.63, 3.8) is 0 Å². The van der Waals surface area contributed by atoms with Crippen LogP contribution in [0.5, 0.6) is 0 Å². The van der Waals surface area contributed by atoms with Crippen LogP contribution < -0.4 is 5.56 Å². The standard InChI is InChI=1S/C16H19BrN2O2S/c1-3-4-5-8-19-15(21)13-9-12(17)6-7-14(13)18-16(19)22-10-11(2)20/h6-7,9H,3-5,8,10H2,1-2H3. The van der Waals surface area contributed by atoms with Gasteiger partial charge in [-0.25, -0.2) is 4.98 Å². The van der Waals surface area contributed by atoms with Crippen LogP contribution in [0.4, 0.5) is 0 Å². The number of hydrogen-bond donors (Lipinski definition) is 0. The molecule has 0 saturated heterocycles. The molecule has 0 spiro atoms. The smallest absolute Gasteiger partial charge is 0.262 e. The first-order chi connectivity index (χ1) is 10.5. The van der Waals surface area contributed by atoms with Crippen LogP contribution >= 0.6 is 27.7 Å². The first-order valence-electron chi connectivity index (χ1n) is 7.35. The third kappa shape index (κ3) is 4.20. The topological polar surface area (TPSA) is 52.0 Å². The van der Waals surface area contributed by atoms with Gasteiger partial charge in [-0.3, -0.25) is 14.2 Å². The Balaban J connectivity index is 2.48. The lowest BCUT2D eigenvalue weighted by Gasteiger charge is -2.12. The summed E-state index contributed by atoms with van der Waals surface area (Å²) in [4.78, 5) is 28.6. The summed E-state index contributed by atoms with van der Waals surface area (Å²) in [5.74, 6) is 0.415. The predicted molar refractivity (Wildman–Crippen MR) is 94.6 cm³/mol. The van der Waals surface area contributed by atoms with E-state index in [2.05, 4.69) is 27.8 Å². The zero-order chi connectivity index (χ0) is 16.1. The zero-order valence-corrected chi connectivity index (χ0v) is 15.2. The first-order valence-corrected chi connectivity index (χ1v) is 9.13. The number of thioether (sulfide) groups is 1. The van der Waals surface area contributed by atoms with E-state index in [1.807, 2.05) is 12.1 Å². The molecule has 0 saturated carbocycles. The van der Waals surface area contributed by atoms with Gasteiger partial charge in [0.1, 0.15) is 5.78 Å². The van der Waals surface area contributed by atoms with Crippen molar-refractivity contribution in [2.45, 2.75) is 44.8 Å². The fraction of sp³-hybridized carbons (Fsp3) is 0.438. The fourth-order valence-corrected chi connectivity index (χ4v) is 3.35. The Morgan fingerprint density at radius 2 is 2.14 bits per heavy atom. The molecule has 0 amide bonds. The normalized spacial score (nSPS) is 11.0. The molecule has 0 aliphatic heterocycles. The SMILES string of the molecule is CCCCCn1c(SCC(C)=O)nc2ccc(Br)cc2c1=O. The van der Waals surface area contributed by atoms with Gasteiger partial charge in [-0.1, -0.05) is 47.5 Å². The van der Waals surface area contributed by atoms with E-state index in [4.69, 9.17) is 0 Å². The zero-order valence-electron chi connectivity index (χ0n) is 12.8. The highest BCUT2D eigenvalue weighted by Gasteiger charge is 2.12. The van der Waals surface area contributed by atoms with Crippen molar-refractivity contribution in [2.24, 2.45) is 0 Å². The van der Waals surface area contributed by atoms with E-state index in [-0.39, 0.29) is 11.3 Å². The minimum absolute atomic E-state index is 0.0338. The van der Waals surface area contributed by atoms with E-state index in [0.717, 1.165) is 23.7 Å². The van der Waals surface area contributed by atoms with Crippen molar-refractivity contribution in [3.8, 4) is 0 Å². The van der Waals surface area contributed by atoms with Crippen LogP contribution in [0.1, 0.15) is 33.1 Å². The number of carbonyl (C=O) groups excluding carboxylic acids is 1. The van der Waals surface area contributed by atoms with Gasteiger partial charge in [0.25, 0.3) is 5.56 Å². The molecule has 0 aliphatic rings. The minimum atomic E-state index is -0.0338. The van der Waals surface area contributed by atoms with Gasteiger partial charge in [-0.2, -0.15) is 0 Å². The molecule has 2 aromatic rings. The average molecular weight is 383 g/mol. The second-order valence-corrected chi connectivity index (χ2v) is 7.07. The van der Waals surface area contributed by atoms with Crippen molar-refractivity contribution < 1.29 is 4.79 Å². The maximum absolute atomic E-state index is 12.7. The third-order valence-corrected chi connectivity index (χ3v) is 4.88. The number of nitrogens with zero attached hydrogens (tertiary/aromatic N) is 2. The summed E-state index contributed by atoms with van der Waals surface area (Å²) in [7, 11) is 0. The maximum atomic E-state index is 12.7. The molecule has 6 heteroatoms. The number of Topliss-reactive ketones (excluding diaryl/α,β-unsaturated/α-hetero) is 1. The Morgan fingerprint density at radius 1 is 1.36 bits per heavy atom. The van der Waals surface area contributed by atoms with E-state index >= 15 is 0 Å². The number of hydrogen-bond acceptors (Lipinski definition) is 4. The van der Waals surface area contributed by atoms with E-state index in [0.29, 0.717) is 28.4 Å². The van der Waals surface area contributed by atoms with E-state index < -0.39 is 0 Å². The molecule has 1 aromatic carbocycles. The molecule has 22 heavy (non-hydrogen) atoms. The molecule has 4 nitrogen and oxygen atoms in total. The highest BCUT2D eigenvalue weighted by Crippen LogP contribution is 2.21. The lowest BCUT2D eigenvalue weighted by Crippen LogP contribution is -2.24. The monoisotopic (exact) mass is 382 g/mol. The molecule has 1 aromatic heterocycles. The summed E-state index contributed by atoms with van der Waals surface area (Å²) in [6, 6.07) is 5.51. The molecule has 0 fully saturated rings. The Bertz CT molecular complexity index is 743. The first kappa shape index (κ1) is 17.2. The van der Waals surface area contributed by atoms with Crippen LogP contribution in [0, 0.1) is 0 Å². The Hall–Kier alpha value is -1.14.